The van der Waals surface area contributed by atoms with E-state index in [1.807, 2.05) is 0 Å². The number of likely N-dealkylation sites (tertiary alicyclic amines) is 1. The minimum atomic E-state index is 0.225. The normalized spacial score (nSPS) is 23.3. The van der Waals surface area contributed by atoms with Gasteiger partial charge in [0.25, 0.3) is 0 Å². The van der Waals surface area contributed by atoms with E-state index in [-0.39, 0.29) is 5.54 Å². The molecule has 0 radical (unpaired) electrons. The molecule has 1 saturated heterocycles. The van der Waals surface area contributed by atoms with Crippen LogP contribution in [0.3, 0.4) is 0 Å². The van der Waals surface area contributed by atoms with E-state index in [2.05, 4.69) is 58.7 Å². The maximum Gasteiger partial charge on any atom is 0.0244 e. The van der Waals surface area contributed by atoms with Crippen LogP contribution in [0.4, 0.5) is 0 Å². The molecule has 0 aliphatic carbocycles. The highest BCUT2D eigenvalue weighted by molar-refractivity contribution is 4.89. The smallest absolute Gasteiger partial charge is 0.0244 e. The molecule has 1 unspecified atom stereocenters. The molecule has 1 aliphatic heterocycles. The Hall–Kier alpha value is -0.0800. The SMILES string of the molecule is CC(C)C(CNC(C)(C)C)N1CCC(C)(C)C1. The highest BCUT2D eigenvalue weighted by Crippen LogP contribution is 2.31. The summed E-state index contributed by atoms with van der Waals surface area (Å²) in [6, 6.07) is 0.677. The van der Waals surface area contributed by atoms with Gasteiger partial charge < -0.3 is 5.32 Å². The molecule has 0 amide bonds. The Morgan fingerprint density at radius 2 is 1.82 bits per heavy atom. The molecule has 0 aromatic heterocycles. The molecule has 0 aromatic rings. The summed E-state index contributed by atoms with van der Waals surface area (Å²) >= 11 is 0. The van der Waals surface area contributed by atoms with Crippen LogP contribution in [0, 0.1) is 11.3 Å². The van der Waals surface area contributed by atoms with Crippen molar-refractivity contribution in [3.63, 3.8) is 0 Å². The first-order valence-corrected chi connectivity index (χ1v) is 7.10. The zero-order chi connectivity index (χ0) is 13.3. The summed E-state index contributed by atoms with van der Waals surface area (Å²) in [5, 5.41) is 3.67. The van der Waals surface area contributed by atoms with Crippen molar-refractivity contribution in [2.24, 2.45) is 11.3 Å². The summed E-state index contributed by atoms with van der Waals surface area (Å²) in [5.41, 5.74) is 0.733. The van der Waals surface area contributed by atoms with Crippen LogP contribution in [0.2, 0.25) is 0 Å². The molecular weight excluding hydrogens is 208 g/mol. The van der Waals surface area contributed by atoms with Gasteiger partial charge in [0.1, 0.15) is 0 Å². The summed E-state index contributed by atoms with van der Waals surface area (Å²) in [4.78, 5) is 2.68. The Morgan fingerprint density at radius 1 is 1.24 bits per heavy atom. The second-order valence-corrected chi connectivity index (χ2v) is 7.83. The molecule has 1 fully saturated rings. The Morgan fingerprint density at radius 3 is 2.18 bits per heavy atom. The molecule has 1 rings (SSSR count). The van der Waals surface area contributed by atoms with Gasteiger partial charge in [0, 0.05) is 24.7 Å². The van der Waals surface area contributed by atoms with E-state index >= 15 is 0 Å². The van der Waals surface area contributed by atoms with E-state index in [0.29, 0.717) is 11.5 Å². The van der Waals surface area contributed by atoms with E-state index in [9.17, 15) is 0 Å². The van der Waals surface area contributed by atoms with Crippen molar-refractivity contribution in [3.05, 3.63) is 0 Å². The fraction of sp³-hybridized carbons (Fsp3) is 1.00. The highest BCUT2D eigenvalue weighted by atomic mass is 15.2. The Kier molecular flexibility index (Phi) is 4.65. The van der Waals surface area contributed by atoms with Crippen molar-refractivity contribution >= 4 is 0 Å². The average molecular weight is 240 g/mol. The molecule has 0 spiro atoms. The number of nitrogens with one attached hydrogen (secondary N) is 1. The van der Waals surface area contributed by atoms with Crippen LogP contribution in [-0.4, -0.2) is 36.1 Å². The first-order chi connectivity index (χ1) is 7.61. The summed E-state index contributed by atoms with van der Waals surface area (Å²) in [7, 11) is 0. The second kappa shape index (κ2) is 5.27. The minimum Gasteiger partial charge on any atom is -0.311 e. The molecule has 0 saturated carbocycles. The quantitative estimate of drug-likeness (QED) is 0.812. The van der Waals surface area contributed by atoms with E-state index in [1.54, 1.807) is 0 Å². The molecular formula is C15H32N2. The van der Waals surface area contributed by atoms with E-state index in [4.69, 9.17) is 0 Å². The lowest BCUT2D eigenvalue weighted by Crippen LogP contribution is -2.49. The van der Waals surface area contributed by atoms with Gasteiger partial charge in [-0.2, -0.15) is 0 Å². The van der Waals surface area contributed by atoms with Crippen LogP contribution in [0.25, 0.3) is 0 Å². The van der Waals surface area contributed by atoms with Crippen molar-refractivity contribution in [1.29, 1.82) is 0 Å². The van der Waals surface area contributed by atoms with Crippen LogP contribution in [-0.2, 0) is 0 Å². The van der Waals surface area contributed by atoms with E-state index in [0.717, 1.165) is 12.5 Å². The standard InChI is InChI=1S/C15H32N2/c1-12(2)13(10-16-14(3,4)5)17-9-8-15(6,7)11-17/h12-13,16H,8-11H2,1-7H3. The molecule has 1 N–H and O–H groups in total. The third kappa shape index (κ3) is 4.97. The van der Waals surface area contributed by atoms with Crippen molar-refractivity contribution in [1.82, 2.24) is 10.2 Å². The lowest BCUT2D eigenvalue weighted by molar-refractivity contribution is 0.161. The summed E-state index contributed by atoms with van der Waals surface area (Å²) in [6.45, 7) is 19.8. The third-order valence-corrected chi connectivity index (χ3v) is 3.79. The van der Waals surface area contributed by atoms with Crippen LogP contribution in [0.5, 0.6) is 0 Å². The fourth-order valence-corrected chi connectivity index (χ4v) is 2.63. The lowest BCUT2D eigenvalue weighted by Gasteiger charge is -2.35. The first kappa shape index (κ1) is 15.0. The van der Waals surface area contributed by atoms with Crippen molar-refractivity contribution in [2.75, 3.05) is 19.6 Å². The molecule has 1 heterocycles. The van der Waals surface area contributed by atoms with Crippen LogP contribution < -0.4 is 5.32 Å². The van der Waals surface area contributed by atoms with Gasteiger partial charge in [-0.25, -0.2) is 0 Å². The zero-order valence-corrected chi connectivity index (χ0v) is 12.9. The summed E-state index contributed by atoms with van der Waals surface area (Å²) < 4.78 is 0. The van der Waals surface area contributed by atoms with Crippen LogP contribution in [0.15, 0.2) is 0 Å². The largest absolute Gasteiger partial charge is 0.311 e. The zero-order valence-electron chi connectivity index (χ0n) is 12.9. The molecule has 0 bridgehead atoms. The van der Waals surface area contributed by atoms with Crippen molar-refractivity contribution < 1.29 is 0 Å². The third-order valence-electron chi connectivity index (χ3n) is 3.79. The van der Waals surface area contributed by atoms with Gasteiger partial charge in [-0.1, -0.05) is 27.7 Å². The summed E-state index contributed by atoms with van der Waals surface area (Å²) in [6.07, 6.45) is 1.34. The van der Waals surface area contributed by atoms with Gasteiger partial charge in [0.05, 0.1) is 0 Å². The van der Waals surface area contributed by atoms with Gasteiger partial charge in [-0.3, -0.25) is 4.90 Å². The number of nitrogens with zero attached hydrogens (tertiary/aromatic N) is 1. The maximum atomic E-state index is 3.67. The average Bonchev–Trinajstić information content (AvgIpc) is 2.43. The van der Waals surface area contributed by atoms with Crippen LogP contribution >= 0.6 is 0 Å². The van der Waals surface area contributed by atoms with Gasteiger partial charge in [-0.05, 0) is 45.1 Å². The maximum absolute atomic E-state index is 3.67. The Balaban J connectivity index is 2.55. The predicted octanol–water partition coefficient (Wildman–Crippen LogP) is 3.13. The van der Waals surface area contributed by atoms with E-state index < -0.39 is 0 Å². The second-order valence-electron chi connectivity index (χ2n) is 7.83. The van der Waals surface area contributed by atoms with Gasteiger partial charge in [0.15, 0.2) is 0 Å². The molecule has 17 heavy (non-hydrogen) atoms. The van der Waals surface area contributed by atoms with Crippen LogP contribution in [0.1, 0.15) is 54.9 Å². The topological polar surface area (TPSA) is 15.3 Å². The molecule has 102 valence electrons. The number of hydrogen-bond acceptors (Lipinski definition) is 2. The Bertz CT molecular complexity index is 238. The summed E-state index contributed by atoms with van der Waals surface area (Å²) in [5.74, 6) is 0.721. The van der Waals surface area contributed by atoms with E-state index in [1.165, 1.54) is 19.5 Å². The van der Waals surface area contributed by atoms with Gasteiger partial charge in [-0.15, -0.1) is 0 Å². The molecule has 0 aromatic carbocycles. The first-order valence-electron chi connectivity index (χ1n) is 7.10. The number of rotatable bonds is 4. The lowest BCUT2D eigenvalue weighted by atomic mass is 9.93. The monoisotopic (exact) mass is 240 g/mol. The molecule has 1 aliphatic rings. The molecule has 2 nitrogen and oxygen atoms in total. The van der Waals surface area contributed by atoms with Crippen molar-refractivity contribution in [3.8, 4) is 0 Å². The van der Waals surface area contributed by atoms with Gasteiger partial charge in [0.2, 0.25) is 0 Å². The fourth-order valence-electron chi connectivity index (χ4n) is 2.63. The predicted molar refractivity (Wildman–Crippen MR) is 76.4 cm³/mol. The number of hydrogen-bond donors (Lipinski definition) is 1. The van der Waals surface area contributed by atoms with Gasteiger partial charge >= 0.3 is 0 Å². The molecule has 2 heteroatoms. The molecule has 1 atom stereocenters. The Labute approximate surface area is 108 Å². The highest BCUT2D eigenvalue weighted by Gasteiger charge is 2.34. The van der Waals surface area contributed by atoms with Crippen molar-refractivity contribution in [2.45, 2.75) is 66.5 Å². The minimum absolute atomic E-state index is 0.225.